The Morgan fingerprint density at radius 1 is 1.47 bits per heavy atom. The molecule has 0 amide bonds. The maximum atomic E-state index is 10.6. The van der Waals surface area contributed by atoms with Crippen LogP contribution >= 0.6 is 15.9 Å². The number of benzene rings is 1. The average molecular weight is 331 g/mol. The zero-order chi connectivity index (χ0) is 14.5. The third kappa shape index (κ3) is 5.16. The van der Waals surface area contributed by atoms with Crippen molar-refractivity contribution in [3.05, 3.63) is 32.8 Å². The van der Waals surface area contributed by atoms with Gasteiger partial charge in [0.1, 0.15) is 0 Å². The second-order valence-corrected chi connectivity index (χ2v) is 6.12. The lowest BCUT2D eigenvalue weighted by atomic mass is 9.88. The zero-order valence-corrected chi connectivity index (χ0v) is 12.7. The first-order chi connectivity index (χ1) is 8.85. The van der Waals surface area contributed by atoms with E-state index in [1.165, 1.54) is 12.1 Å². The van der Waals surface area contributed by atoms with E-state index in [9.17, 15) is 10.1 Å². The van der Waals surface area contributed by atoms with Crippen LogP contribution in [0.25, 0.3) is 0 Å². The molecular formula is C13H19BrN2O3. The van der Waals surface area contributed by atoms with Crippen LogP contribution in [0.2, 0.25) is 0 Å². The maximum Gasteiger partial charge on any atom is 0.270 e. The number of non-ortho nitro benzene ring substituents is 1. The summed E-state index contributed by atoms with van der Waals surface area (Å²) in [6.45, 7) is 5.18. The summed E-state index contributed by atoms with van der Waals surface area (Å²) < 4.78 is 0.680. The van der Waals surface area contributed by atoms with Crippen molar-refractivity contribution in [1.29, 1.82) is 0 Å². The van der Waals surface area contributed by atoms with E-state index < -0.39 is 4.92 Å². The zero-order valence-electron chi connectivity index (χ0n) is 11.1. The summed E-state index contributed by atoms with van der Waals surface area (Å²) >= 11 is 3.33. The minimum atomic E-state index is -0.417. The number of hydrogen-bond donors (Lipinski definition) is 2. The normalized spacial score (nSPS) is 11.4. The molecule has 106 valence electrons. The smallest absolute Gasteiger partial charge is 0.270 e. The van der Waals surface area contributed by atoms with Gasteiger partial charge in [-0.3, -0.25) is 10.1 Å². The molecule has 0 aromatic heterocycles. The van der Waals surface area contributed by atoms with Gasteiger partial charge in [-0.15, -0.1) is 0 Å². The Morgan fingerprint density at radius 2 is 2.16 bits per heavy atom. The van der Waals surface area contributed by atoms with Gasteiger partial charge in [0.05, 0.1) is 4.92 Å². The molecule has 0 saturated heterocycles. The molecule has 0 atom stereocenters. The first-order valence-electron chi connectivity index (χ1n) is 6.14. The summed E-state index contributed by atoms with van der Waals surface area (Å²) in [5, 5.41) is 22.8. The van der Waals surface area contributed by atoms with Crippen LogP contribution in [0, 0.1) is 15.5 Å². The van der Waals surface area contributed by atoms with Crippen LogP contribution in [0.1, 0.15) is 26.7 Å². The third-order valence-corrected chi connectivity index (χ3v) is 3.59. The van der Waals surface area contributed by atoms with Gasteiger partial charge in [-0.2, -0.15) is 0 Å². The molecule has 1 aromatic rings. The lowest BCUT2D eigenvalue weighted by Gasteiger charge is -2.25. The molecule has 0 bridgehead atoms. The van der Waals surface area contributed by atoms with Gasteiger partial charge in [0, 0.05) is 35.4 Å². The highest BCUT2D eigenvalue weighted by molar-refractivity contribution is 9.10. The molecule has 0 aliphatic carbocycles. The third-order valence-electron chi connectivity index (χ3n) is 2.93. The molecule has 5 nitrogen and oxygen atoms in total. The molecule has 2 N–H and O–H groups in total. The number of nitrogens with zero attached hydrogens (tertiary/aromatic N) is 1. The summed E-state index contributed by atoms with van der Waals surface area (Å²) in [7, 11) is 0. The molecular weight excluding hydrogens is 312 g/mol. The van der Waals surface area contributed by atoms with E-state index in [1.54, 1.807) is 6.07 Å². The molecule has 0 aliphatic rings. The number of aliphatic hydroxyl groups is 1. The fourth-order valence-electron chi connectivity index (χ4n) is 1.74. The summed E-state index contributed by atoms with van der Waals surface area (Å²) in [5.41, 5.74) is 0.962. The van der Waals surface area contributed by atoms with Crippen molar-refractivity contribution in [2.45, 2.75) is 26.7 Å². The summed E-state index contributed by atoms with van der Waals surface area (Å²) in [6.07, 6.45) is 1.69. The van der Waals surface area contributed by atoms with Gasteiger partial charge >= 0.3 is 0 Å². The van der Waals surface area contributed by atoms with E-state index in [4.69, 9.17) is 5.11 Å². The highest BCUT2D eigenvalue weighted by Crippen LogP contribution is 2.29. The van der Waals surface area contributed by atoms with Gasteiger partial charge < -0.3 is 10.4 Å². The van der Waals surface area contributed by atoms with E-state index >= 15 is 0 Å². The monoisotopic (exact) mass is 330 g/mol. The van der Waals surface area contributed by atoms with Crippen molar-refractivity contribution in [1.82, 2.24) is 0 Å². The second-order valence-electron chi connectivity index (χ2n) is 5.27. The number of halogens is 1. The quantitative estimate of drug-likeness (QED) is 0.592. The topological polar surface area (TPSA) is 75.4 Å². The van der Waals surface area contributed by atoms with Crippen LogP contribution in [-0.4, -0.2) is 23.2 Å². The number of anilines is 1. The molecule has 0 heterocycles. The Kier molecular flexibility index (Phi) is 5.75. The Morgan fingerprint density at radius 3 is 2.68 bits per heavy atom. The van der Waals surface area contributed by atoms with Crippen LogP contribution in [0.4, 0.5) is 11.4 Å². The summed E-state index contributed by atoms with van der Waals surface area (Å²) in [5.74, 6) is 0. The molecule has 0 radical (unpaired) electrons. The van der Waals surface area contributed by atoms with Crippen molar-refractivity contribution >= 4 is 27.3 Å². The number of nitro benzene ring substituents is 1. The minimum Gasteiger partial charge on any atom is -0.396 e. The van der Waals surface area contributed by atoms with Gasteiger partial charge in [-0.25, -0.2) is 0 Å². The van der Waals surface area contributed by atoms with Crippen molar-refractivity contribution < 1.29 is 10.0 Å². The first kappa shape index (κ1) is 15.9. The van der Waals surface area contributed by atoms with Crippen molar-refractivity contribution in [2.24, 2.45) is 5.41 Å². The number of nitrogens with one attached hydrogen (secondary N) is 1. The highest BCUT2D eigenvalue weighted by atomic mass is 79.9. The van der Waals surface area contributed by atoms with Gasteiger partial charge in [0.15, 0.2) is 0 Å². The minimum absolute atomic E-state index is 0.0595. The van der Waals surface area contributed by atoms with Crippen LogP contribution < -0.4 is 5.32 Å². The molecule has 0 unspecified atom stereocenters. The number of hydrogen-bond acceptors (Lipinski definition) is 4. The summed E-state index contributed by atoms with van der Waals surface area (Å²) in [6, 6.07) is 4.67. The van der Waals surface area contributed by atoms with Crippen LogP contribution in [0.5, 0.6) is 0 Å². The molecule has 6 heteroatoms. The summed E-state index contributed by atoms with van der Waals surface area (Å²) in [4.78, 5) is 10.2. The van der Waals surface area contributed by atoms with E-state index in [1.807, 2.05) is 0 Å². The second kappa shape index (κ2) is 6.86. The van der Waals surface area contributed by atoms with Crippen molar-refractivity contribution in [3.8, 4) is 0 Å². The fourth-order valence-corrected chi connectivity index (χ4v) is 2.25. The van der Waals surface area contributed by atoms with E-state index in [-0.39, 0.29) is 17.7 Å². The van der Waals surface area contributed by atoms with E-state index in [0.29, 0.717) is 4.47 Å². The fraction of sp³-hybridized carbons (Fsp3) is 0.538. The van der Waals surface area contributed by atoms with Gasteiger partial charge in [0.25, 0.3) is 5.69 Å². The van der Waals surface area contributed by atoms with E-state index in [2.05, 4.69) is 35.1 Å². The maximum absolute atomic E-state index is 10.6. The molecule has 1 aromatic carbocycles. The lowest BCUT2D eigenvalue weighted by Crippen LogP contribution is -2.23. The van der Waals surface area contributed by atoms with E-state index in [0.717, 1.165) is 25.1 Å². The molecule has 19 heavy (non-hydrogen) atoms. The molecule has 1 rings (SSSR count). The molecule has 0 spiro atoms. The number of aliphatic hydroxyl groups excluding tert-OH is 1. The number of nitro groups is 1. The predicted molar refractivity (Wildman–Crippen MR) is 79.4 cm³/mol. The standard InChI is InChI=1S/C13H19BrN2O3/c1-13(2,6-3-7-17)9-15-12-5-4-10(16(18)19)8-11(12)14/h4-5,8,15,17H,3,6-7,9H2,1-2H3. The Bertz CT molecular complexity index is 450. The first-order valence-corrected chi connectivity index (χ1v) is 6.94. The Balaban J connectivity index is 2.65. The molecule has 0 fully saturated rings. The van der Waals surface area contributed by atoms with Crippen LogP contribution in [-0.2, 0) is 0 Å². The van der Waals surface area contributed by atoms with Crippen LogP contribution in [0.15, 0.2) is 22.7 Å². The van der Waals surface area contributed by atoms with Crippen molar-refractivity contribution in [3.63, 3.8) is 0 Å². The van der Waals surface area contributed by atoms with Crippen LogP contribution in [0.3, 0.4) is 0 Å². The highest BCUT2D eigenvalue weighted by Gasteiger charge is 2.18. The van der Waals surface area contributed by atoms with Gasteiger partial charge in [-0.1, -0.05) is 13.8 Å². The van der Waals surface area contributed by atoms with Gasteiger partial charge in [0.2, 0.25) is 0 Å². The average Bonchev–Trinajstić information content (AvgIpc) is 2.35. The number of rotatable bonds is 7. The van der Waals surface area contributed by atoms with Crippen molar-refractivity contribution in [2.75, 3.05) is 18.5 Å². The van der Waals surface area contributed by atoms with Gasteiger partial charge in [-0.05, 0) is 40.3 Å². The molecule has 0 aliphatic heterocycles. The predicted octanol–water partition coefficient (Wildman–Crippen LogP) is 3.57. The SMILES string of the molecule is CC(C)(CCCO)CNc1ccc([N+](=O)[O-])cc1Br. The molecule has 0 saturated carbocycles. The Labute approximate surface area is 121 Å². The largest absolute Gasteiger partial charge is 0.396 e. The lowest BCUT2D eigenvalue weighted by molar-refractivity contribution is -0.384. The Hall–Kier alpha value is -1.14.